The summed E-state index contributed by atoms with van der Waals surface area (Å²) < 4.78 is 0. The van der Waals surface area contributed by atoms with Gasteiger partial charge < -0.3 is 20.4 Å². The molecule has 0 aromatic heterocycles. The molecule has 1 aromatic carbocycles. The molecule has 8 heteroatoms. The van der Waals surface area contributed by atoms with Crippen LogP contribution in [0.1, 0.15) is 36.8 Å². The van der Waals surface area contributed by atoms with Crippen LogP contribution in [0, 0.1) is 11.8 Å². The Balaban J connectivity index is 2.93. The number of carboxylic acid groups (broad SMARTS) is 4. The Hall–Kier alpha value is -2.90. The molecular formula is C18H22O8. The van der Waals surface area contributed by atoms with E-state index in [4.69, 9.17) is 10.2 Å². The number of carboxylic acids is 4. The maximum Gasteiger partial charge on any atom is 0.306 e. The topological polar surface area (TPSA) is 149 Å². The van der Waals surface area contributed by atoms with Crippen LogP contribution < -0.4 is 0 Å². The van der Waals surface area contributed by atoms with Crippen LogP contribution in [0.2, 0.25) is 0 Å². The Morgan fingerprint density at radius 1 is 0.692 bits per heavy atom. The van der Waals surface area contributed by atoms with Crippen molar-refractivity contribution >= 4 is 23.9 Å². The molecule has 0 aliphatic rings. The van der Waals surface area contributed by atoms with Gasteiger partial charge in [0.15, 0.2) is 0 Å². The molecule has 2 unspecified atom stereocenters. The predicted octanol–water partition coefficient (Wildman–Crippen LogP) is 1.90. The van der Waals surface area contributed by atoms with Gasteiger partial charge in [0.2, 0.25) is 0 Å². The number of rotatable bonds is 12. The summed E-state index contributed by atoms with van der Waals surface area (Å²) in [5.41, 5.74) is 1.26. The van der Waals surface area contributed by atoms with E-state index in [1.807, 2.05) is 0 Å². The van der Waals surface area contributed by atoms with Gasteiger partial charge in [-0.1, -0.05) is 24.3 Å². The Kier molecular flexibility index (Phi) is 8.27. The minimum atomic E-state index is -1.11. The average Bonchev–Trinajstić information content (AvgIpc) is 2.55. The molecule has 26 heavy (non-hydrogen) atoms. The van der Waals surface area contributed by atoms with E-state index in [1.54, 1.807) is 24.3 Å². The number of hydrogen-bond donors (Lipinski definition) is 4. The SMILES string of the molecule is O=C(O)CCC(Cc1ccccc1CC(CCC(=O)O)C(=O)O)C(=O)O. The van der Waals surface area contributed by atoms with Gasteiger partial charge in [-0.15, -0.1) is 0 Å². The first-order chi connectivity index (χ1) is 12.2. The quantitative estimate of drug-likeness (QED) is 0.438. The summed E-state index contributed by atoms with van der Waals surface area (Å²) in [4.78, 5) is 44.1. The summed E-state index contributed by atoms with van der Waals surface area (Å²) in [6, 6.07) is 6.76. The minimum absolute atomic E-state index is 0.0274. The molecule has 4 N–H and O–H groups in total. The second-order valence-corrected chi connectivity index (χ2v) is 6.11. The Morgan fingerprint density at radius 2 is 1.04 bits per heavy atom. The van der Waals surface area contributed by atoms with E-state index in [-0.39, 0.29) is 38.5 Å². The van der Waals surface area contributed by atoms with Crippen molar-refractivity contribution in [3.8, 4) is 0 Å². The first-order valence-corrected chi connectivity index (χ1v) is 8.16. The molecule has 1 rings (SSSR count). The van der Waals surface area contributed by atoms with Crippen LogP contribution in [0.25, 0.3) is 0 Å². The molecule has 2 atom stereocenters. The summed E-state index contributed by atoms with van der Waals surface area (Å²) in [7, 11) is 0. The molecule has 0 heterocycles. The molecular weight excluding hydrogens is 344 g/mol. The van der Waals surface area contributed by atoms with Crippen LogP contribution in [-0.4, -0.2) is 44.3 Å². The molecule has 8 nitrogen and oxygen atoms in total. The summed E-state index contributed by atoms with van der Waals surface area (Å²) in [5, 5.41) is 36.1. The first-order valence-electron chi connectivity index (χ1n) is 8.16. The van der Waals surface area contributed by atoms with E-state index in [0.717, 1.165) is 0 Å². The highest BCUT2D eigenvalue weighted by Gasteiger charge is 2.23. The van der Waals surface area contributed by atoms with Gasteiger partial charge in [0.05, 0.1) is 11.8 Å². The van der Waals surface area contributed by atoms with Gasteiger partial charge in [0.1, 0.15) is 0 Å². The van der Waals surface area contributed by atoms with Crippen LogP contribution in [0.4, 0.5) is 0 Å². The molecule has 0 radical (unpaired) electrons. The van der Waals surface area contributed by atoms with Gasteiger partial charge in [-0.25, -0.2) is 0 Å². The zero-order valence-corrected chi connectivity index (χ0v) is 14.1. The van der Waals surface area contributed by atoms with Crippen molar-refractivity contribution in [2.45, 2.75) is 38.5 Å². The van der Waals surface area contributed by atoms with Crippen molar-refractivity contribution in [2.75, 3.05) is 0 Å². The van der Waals surface area contributed by atoms with Gasteiger partial charge >= 0.3 is 23.9 Å². The molecule has 0 bridgehead atoms. The molecule has 0 saturated carbocycles. The van der Waals surface area contributed by atoms with Gasteiger partial charge in [-0.05, 0) is 36.8 Å². The van der Waals surface area contributed by atoms with Crippen LogP contribution in [-0.2, 0) is 32.0 Å². The van der Waals surface area contributed by atoms with Crippen LogP contribution in [0.5, 0.6) is 0 Å². The number of carbonyl (C=O) groups is 4. The van der Waals surface area contributed by atoms with Crippen molar-refractivity contribution < 1.29 is 39.6 Å². The highest BCUT2D eigenvalue weighted by atomic mass is 16.4. The maximum absolute atomic E-state index is 11.4. The van der Waals surface area contributed by atoms with Crippen LogP contribution in [0.3, 0.4) is 0 Å². The largest absolute Gasteiger partial charge is 0.481 e. The summed E-state index contributed by atoms with van der Waals surface area (Å²) in [5.74, 6) is -6.17. The van der Waals surface area contributed by atoms with E-state index < -0.39 is 35.7 Å². The summed E-state index contributed by atoms with van der Waals surface area (Å²) >= 11 is 0. The first kappa shape index (κ1) is 21.1. The lowest BCUT2D eigenvalue weighted by Crippen LogP contribution is -2.21. The van der Waals surface area contributed by atoms with Crippen LogP contribution in [0.15, 0.2) is 24.3 Å². The van der Waals surface area contributed by atoms with Crippen molar-refractivity contribution in [1.29, 1.82) is 0 Å². The van der Waals surface area contributed by atoms with E-state index in [2.05, 4.69) is 0 Å². The Morgan fingerprint density at radius 3 is 1.31 bits per heavy atom. The zero-order chi connectivity index (χ0) is 19.7. The number of benzene rings is 1. The standard InChI is InChI=1S/C18H22O8/c19-15(20)7-5-13(17(23)24)9-11-3-1-2-4-12(11)10-14(18(25)26)6-8-16(21)22/h1-4,13-14H,5-10H2,(H,19,20)(H,21,22)(H,23,24)(H,25,26). The van der Waals surface area contributed by atoms with Crippen molar-refractivity contribution in [3.05, 3.63) is 35.4 Å². The fraction of sp³-hybridized carbons (Fsp3) is 0.444. The zero-order valence-electron chi connectivity index (χ0n) is 14.1. The van der Waals surface area contributed by atoms with E-state index in [9.17, 15) is 29.4 Å². The third-order valence-corrected chi connectivity index (χ3v) is 4.16. The molecule has 0 saturated heterocycles. The average molecular weight is 366 g/mol. The van der Waals surface area contributed by atoms with Gasteiger partial charge in [0.25, 0.3) is 0 Å². The fourth-order valence-electron chi connectivity index (χ4n) is 2.71. The molecule has 0 amide bonds. The monoisotopic (exact) mass is 366 g/mol. The lowest BCUT2D eigenvalue weighted by Gasteiger charge is -2.17. The molecule has 0 spiro atoms. The Labute approximate surface area is 150 Å². The molecule has 0 fully saturated rings. The lowest BCUT2D eigenvalue weighted by atomic mass is 9.87. The number of hydrogen-bond acceptors (Lipinski definition) is 4. The number of aliphatic carboxylic acids is 4. The second-order valence-electron chi connectivity index (χ2n) is 6.11. The third-order valence-electron chi connectivity index (χ3n) is 4.16. The van der Waals surface area contributed by atoms with Gasteiger partial charge in [0, 0.05) is 12.8 Å². The lowest BCUT2D eigenvalue weighted by molar-refractivity contribution is -0.144. The summed E-state index contributed by atoms with van der Waals surface area (Å²) in [6.07, 6.45) is -0.417. The predicted molar refractivity (Wildman–Crippen MR) is 89.8 cm³/mol. The minimum Gasteiger partial charge on any atom is -0.481 e. The molecule has 0 aliphatic heterocycles. The van der Waals surface area contributed by atoms with Gasteiger partial charge in [-0.3, -0.25) is 19.2 Å². The van der Waals surface area contributed by atoms with Crippen molar-refractivity contribution in [3.63, 3.8) is 0 Å². The highest BCUT2D eigenvalue weighted by Crippen LogP contribution is 2.22. The van der Waals surface area contributed by atoms with E-state index >= 15 is 0 Å². The molecule has 0 aliphatic carbocycles. The van der Waals surface area contributed by atoms with Crippen molar-refractivity contribution in [2.24, 2.45) is 11.8 Å². The van der Waals surface area contributed by atoms with E-state index in [1.165, 1.54) is 0 Å². The normalized spacial score (nSPS) is 12.9. The third kappa shape index (κ3) is 7.33. The fourth-order valence-corrected chi connectivity index (χ4v) is 2.71. The Bertz CT molecular complexity index is 610. The highest BCUT2D eigenvalue weighted by molar-refractivity contribution is 5.73. The van der Waals surface area contributed by atoms with Crippen molar-refractivity contribution in [1.82, 2.24) is 0 Å². The smallest absolute Gasteiger partial charge is 0.306 e. The van der Waals surface area contributed by atoms with Crippen LogP contribution >= 0.6 is 0 Å². The summed E-state index contributed by atoms with van der Waals surface area (Å²) in [6.45, 7) is 0. The second kappa shape index (κ2) is 10.2. The molecule has 1 aromatic rings. The van der Waals surface area contributed by atoms with E-state index in [0.29, 0.717) is 11.1 Å². The maximum atomic E-state index is 11.4. The molecule has 142 valence electrons. The van der Waals surface area contributed by atoms with Gasteiger partial charge in [-0.2, -0.15) is 0 Å².